The van der Waals surface area contributed by atoms with Gasteiger partial charge in [0.05, 0.1) is 22.6 Å². The Labute approximate surface area is 112 Å². The molecule has 0 unspecified atom stereocenters. The fourth-order valence-electron chi connectivity index (χ4n) is 1.48. The number of aryl methyl sites for hydroxylation is 1. The Morgan fingerprint density at radius 3 is 2.71 bits per heavy atom. The molecule has 1 rings (SSSR count). The summed E-state index contributed by atoms with van der Waals surface area (Å²) in [6.07, 6.45) is 1.74. The Morgan fingerprint density at radius 2 is 2.12 bits per heavy atom. The minimum absolute atomic E-state index is 0.256. The Hall–Kier alpha value is -1.01. The van der Waals surface area contributed by atoms with Crippen LogP contribution in [0.3, 0.4) is 0 Å². The van der Waals surface area contributed by atoms with Crippen LogP contribution in [0.5, 0.6) is 5.75 Å². The second-order valence-corrected chi connectivity index (χ2v) is 5.74. The van der Waals surface area contributed by atoms with E-state index in [1.54, 1.807) is 0 Å². The maximum absolute atomic E-state index is 8.89. The number of hydrogen-bond donors (Lipinski definition) is 0. The molecule has 0 bridgehead atoms. The fraction of sp³-hybridized carbons (Fsp3) is 0.500. The third kappa shape index (κ3) is 4.79. The SMILES string of the molecule is Cc1ccc(OCCCC(C)(C)C#N)c(Br)c1. The Kier molecular flexibility index (Phi) is 5.02. The maximum atomic E-state index is 8.89. The van der Waals surface area contributed by atoms with Crippen molar-refractivity contribution in [3.05, 3.63) is 28.2 Å². The summed E-state index contributed by atoms with van der Waals surface area (Å²) in [5, 5.41) is 8.89. The molecule has 0 spiro atoms. The number of nitriles is 1. The predicted molar refractivity (Wildman–Crippen MR) is 73.0 cm³/mol. The van der Waals surface area contributed by atoms with Crippen molar-refractivity contribution in [1.29, 1.82) is 5.26 Å². The monoisotopic (exact) mass is 295 g/mol. The summed E-state index contributed by atoms with van der Waals surface area (Å²) in [5.74, 6) is 0.866. The largest absolute Gasteiger partial charge is 0.492 e. The van der Waals surface area contributed by atoms with Gasteiger partial charge in [0.15, 0.2) is 0 Å². The van der Waals surface area contributed by atoms with Crippen molar-refractivity contribution in [3.8, 4) is 11.8 Å². The number of ether oxygens (including phenoxy) is 1. The molecule has 1 aromatic carbocycles. The van der Waals surface area contributed by atoms with Crippen LogP contribution in [-0.2, 0) is 0 Å². The number of hydrogen-bond acceptors (Lipinski definition) is 2. The highest BCUT2D eigenvalue weighted by molar-refractivity contribution is 9.10. The summed E-state index contributed by atoms with van der Waals surface area (Å²) in [7, 11) is 0. The summed E-state index contributed by atoms with van der Waals surface area (Å²) in [5.41, 5.74) is 0.947. The lowest BCUT2D eigenvalue weighted by Crippen LogP contribution is -2.10. The van der Waals surface area contributed by atoms with E-state index < -0.39 is 0 Å². The first-order valence-corrected chi connectivity index (χ1v) is 6.54. The van der Waals surface area contributed by atoms with E-state index in [-0.39, 0.29) is 5.41 Å². The number of halogens is 1. The Balaban J connectivity index is 2.39. The summed E-state index contributed by atoms with van der Waals surface area (Å²) >= 11 is 3.48. The minimum Gasteiger partial charge on any atom is -0.492 e. The average molecular weight is 296 g/mol. The molecule has 2 nitrogen and oxygen atoms in total. The first-order valence-electron chi connectivity index (χ1n) is 5.75. The molecule has 1 aromatic rings. The molecule has 0 radical (unpaired) electrons. The van der Waals surface area contributed by atoms with Crippen molar-refractivity contribution in [2.24, 2.45) is 5.41 Å². The van der Waals surface area contributed by atoms with Gasteiger partial charge >= 0.3 is 0 Å². The molecule has 0 aliphatic carbocycles. The first kappa shape index (κ1) is 14.1. The molecule has 0 heterocycles. The molecule has 0 atom stereocenters. The van der Waals surface area contributed by atoms with E-state index in [4.69, 9.17) is 10.00 Å². The molecule has 0 aromatic heterocycles. The van der Waals surface area contributed by atoms with Gasteiger partial charge in [-0.3, -0.25) is 0 Å². The summed E-state index contributed by atoms with van der Waals surface area (Å²) in [6, 6.07) is 8.32. The number of benzene rings is 1. The molecule has 0 N–H and O–H groups in total. The van der Waals surface area contributed by atoms with Crippen LogP contribution in [0.2, 0.25) is 0 Å². The molecule has 0 aliphatic heterocycles. The second kappa shape index (κ2) is 6.07. The van der Waals surface area contributed by atoms with Gasteiger partial charge in [-0.05, 0) is 67.2 Å². The van der Waals surface area contributed by atoms with Crippen molar-refractivity contribution in [2.75, 3.05) is 6.61 Å². The number of nitrogens with zero attached hydrogens (tertiary/aromatic N) is 1. The highest BCUT2D eigenvalue weighted by atomic mass is 79.9. The Bertz CT molecular complexity index is 421. The van der Waals surface area contributed by atoms with Crippen LogP contribution in [0, 0.1) is 23.7 Å². The smallest absolute Gasteiger partial charge is 0.133 e. The van der Waals surface area contributed by atoms with Crippen LogP contribution < -0.4 is 4.74 Å². The maximum Gasteiger partial charge on any atom is 0.133 e. The van der Waals surface area contributed by atoms with Crippen molar-refractivity contribution in [1.82, 2.24) is 0 Å². The molecule has 0 saturated carbocycles. The van der Waals surface area contributed by atoms with E-state index in [2.05, 4.69) is 22.0 Å². The lowest BCUT2D eigenvalue weighted by Gasteiger charge is -2.15. The molecule has 0 aliphatic rings. The summed E-state index contributed by atoms with van der Waals surface area (Å²) in [4.78, 5) is 0. The zero-order valence-electron chi connectivity index (χ0n) is 10.6. The van der Waals surface area contributed by atoms with Gasteiger partial charge in [-0.25, -0.2) is 0 Å². The van der Waals surface area contributed by atoms with Gasteiger partial charge in [-0.15, -0.1) is 0 Å². The predicted octanol–water partition coefficient (Wildman–Crippen LogP) is 4.47. The average Bonchev–Trinajstić information content (AvgIpc) is 2.27. The normalized spacial score (nSPS) is 11.0. The van der Waals surface area contributed by atoms with E-state index in [9.17, 15) is 0 Å². The third-order valence-corrected chi connectivity index (χ3v) is 3.21. The lowest BCUT2D eigenvalue weighted by atomic mass is 9.90. The van der Waals surface area contributed by atoms with E-state index in [0.717, 1.165) is 23.1 Å². The van der Waals surface area contributed by atoms with Crippen LogP contribution in [0.4, 0.5) is 0 Å². The highest BCUT2D eigenvalue weighted by Gasteiger charge is 2.15. The van der Waals surface area contributed by atoms with Crippen LogP contribution in [0.15, 0.2) is 22.7 Å². The molecule has 0 saturated heterocycles. The van der Waals surface area contributed by atoms with Crippen molar-refractivity contribution >= 4 is 15.9 Å². The topological polar surface area (TPSA) is 33.0 Å². The Morgan fingerprint density at radius 1 is 1.41 bits per heavy atom. The van der Waals surface area contributed by atoms with Gasteiger partial charge in [0.2, 0.25) is 0 Å². The molecule has 0 amide bonds. The first-order chi connectivity index (χ1) is 7.94. The van der Waals surface area contributed by atoms with Gasteiger partial charge in [0.25, 0.3) is 0 Å². The van der Waals surface area contributed by atoms with Gasteiger partial charge in [0, 0.05) is 0 Å². The van der Waals surface area contributed by atoms with Gasteiger partial charge in [-0.2, -0.15) is 5.26 Å². The number of rotatable bonds is 5. The molecule has 17 heavy (non-hydrogen) atoms. The third-order valence-electron chi connectivity index (χ3n) is 2.59. The molecule has 0 fully saturated rings. The van der Waals surface area contributed by atoms with E-state index >= 15 is 0 Å². The summed E-state index contributed by atoms with van der Waals surface area (Å²) < 4.78 is 6.66. The lowest BCUT2D eigenvalue weighted by molar-refractivity contribution is 0.283. The van der Waals surface area contributed by atoms with Crippen molar-refractivity contribution < 1.29 is 4.74 Å². The molecular weight excluding hydrogens is 278 g/mol. The second-order valence-electron chi connectivity index (χ2n) is 4.88. The fourth-order valence-corrected chi connectivity index (χ4v) is 2.08. The molecular formula is C14H18BrNO. The minimum atomic E-state index is -0.256. The van der Waals surface area contributed by atoms with Crippen molar-refractivity contribution in [2.45, 2.75) is 33.6 Å². The van der Waals surface area contributed by atoms with Crippen molar-refractivity contribution in [3.63, 3.8) is 0 Å². The van der Waals surface area contributed by atoms with E-state index in [1.165, 1.54) is 5.56 Å². The zero-order valence-corrected chi connectivity index (χ0v) is 12.2. The zero-order chi connectivity index (χ0) is 12.9. The quantitative estimate of drug-likeness (QED) is 0.751. The van der Waals surface area contributed by atoms with Crippen LogP contribution >= 0.6 is 15.9 Å². The highest BCUT2D eigenvalue weighted by Crippen LogP contribution is 2.26. The summed E-state index contributed by atoms with van der Waals surface area (Å²) in [6.45, 7) is 6.60. The van der Waals surface area contributed by atoms with Crippen LogP contribution in [0.1, 0.15) is 32.3 Å². The van der Waals surface area contributed by atoms with E-state index in [1.807, 2.05) is 39.0 Å². The van der Waals surface area contributed by atoms with Gasteiger partial charge in [0.1, 0.15) is 5.75 Å². The standard InChI is InChI=1S/C14H18BrNO/c1-11-5-6-13(12(15)9-11)17-8-4-7-14(2,3)10-16/h5-6,9H,4,7-8H2,1-3H3. The molecule has 92 valence electrons. The van der Waals surface area contributed by atoms with Crippen LogP contribution in [0.25, 0.3) is 0 Å². The van der Waals surface area contributed by atoms with Gasteiger partial charge < -0.3 is 4.74 Å². The van der Waals surface area contributed by atoms with Gasteiger partial charge in [-0.1, -0.05) is 6.07 Å². The molecule has 3 heteroatoms. The van der Waals surface area contributed by atoms with Crippen LogP contribution in [-0.4, -0.2) is 6.61 Å². The van der Waals surface area contributed by atoms with E-state index in [0.29, 0.717) is 6.61 Å².